The summed E-state index contributed by atoms with van der Waals surface area (Å²) < 4.78 is 11.1. The molecule has 0 spiro atoms. The van der Waals surface area contributed by atoms with Crippen molar-refractivity contribution in [1.29, 1.82) is 0 Å². The molecule has 3 heterocycles. The fourth-order valence-corrected chi connectivity index (χ4v) is 6.75. The van der Waals surface area contributed by atoms with Gasteiger partial charge in [-0.3, -0.25) is 4.90 Å². The number of methoxy groups -OCH3 is 1. The van der Waals surface area contributed by atoms with E-state index in [-0.39, 0.29) is 5.63 Å². The Morgan fingerprint density at radius 2 is 1.91 bits per heavy atom. The predicted molar refractivity (Wildman–Crippen MR) is 135 cm³/mol. The molecule has 0 amide bonds. The van der Waals surface area contributed by atoms with E-state index >= 15 is 0 Å². The first kappa shape index (κ1) is 23.8. The fraction of sp³-hybridized carbons (Fsp3) is 0.679. The van der Waals surface area contributed by atoms with E-state index in [4.69, 9.17) is 9.15 Å². The van der Waals surface area contributed by atoms with Gasteiger partial charge in [0.25, 0.3) is 0 Å². The van der Waals surface area contributed by atoms with Crippen molar-refractivity contribution in [2.75, 3.05) is 39.9 Å². The van der Waals surface area contributed by atoms with Crippen molar-refractivity contribution >= 4 is 11.0 Å². The van der Waals surface area contributed by atoms with Gasteiger partial charge < -0.3 is 19.2 Å². The summed E-state index contributed by atoms with van der Waals surface area (Å²) in [5.41, 5.74) is 4.00. The van der Waals surface area contributed by atoms with Crippen LogP contribution in [0.1, 0.15) is 67.2 Å². The Morgan fingerprint density at radius 3 is 2.74 bits per heavy atom. The Hall–Kier alpha value is -1.89. The molecule has 3 aliphatic rings. The lowest BCUT2D eigenvalue weighted by Gasteiger charge is -2.45. The van der Waals surface area contributed by atoms with Gasteiger partial charge >= 0.3 is 5.63 Å². The molecule has 186 valence electrons. The van der Waals surface area contributed by atoms with Gasteiger partial charge in [-0.05, 0) is 94.5 Å². The van der Waals surface area contributed by atoms with Gasteiger partial charge in [0.15, 0.2) is 0 Å². The maximum absolute atomic E-state index is 12.5. The van der Waals surface area contributed by atoms with Gasteiger partial charge in [0.05, 0.1) is 12.0 Å². The van der Waals surface area contributed by atoms with Crippen LogP contribution in [-0.4, -0.2) is 60.8 Å². The number of fused-ring (bicyclic) bond motifs is 4. The number of nitrogens with zero attached hydrogens (tertiary/aromatic N) is 2. The first-order valence-corrected chi connectivity index (χ1v) is 13.3. The number of phenols is 1. The van der Waals surface area contributed by atoms with Crippen LogP contribution < -0.4 is 5.63 Å². The van der Waals surface area contributed by atoms with Crippen LogP contribution in [0.4, 0.5) is 0 Å². The second-order valence-electron chi connectivity index (χ2n) is 10.7. The molecule has 6 heteroatoms. The number of phenolic OH excluding ortho intramolecular Hbond substituents is 1. The second kappa shape index (κ2) is 10.4. The molecule has 2 atom stereocenters. The van der Waals surface area contributed by atoms with Crippen molar-refractivity contribution in [2.24, 2.45) is 5.92 Å². The zero-order chi connectivity index (χ0) is 23.7. The molecule has 5 rings (SSSR count). The zero-order valence-electron chi connectivity index (χ0n) is 20.9. The quantitative estimate of drug-likeness (QED) is 0.608. The van der Waals surface area contributed by atoms with Crippen LogP contribution in [0.25, 0.3) is 11.0 Å². The molecule has 2 unspecified atom stereocenters. The lowest BCUT2D eigenvalue weighted by atomic mass is 9.83. The maximum Gasteiger partial charge on any atom is 0.339 e. The summed E-state index contributed by atoms with van der Waals surface area (Å²) in [7, 11) is 1.76. The lowest BCUT2D eigenvalue weighted by Crippen LogP contribution is -2.51. The Labute approximate surface area is 202 Å². The third-order valence-electron chi connectivity index (χ3n) is 8.53. The number of benzene rings is 1. The summed E-state index contributed by atoms with van der Waals surface area (Å²) in [6.07, 6.45) is 10.2. The highest BCUT2D eigenvalue weighted by Gasteiger charge is 2.34. The third kappa shape index (κ3) is 4.65. The average Bonchev–Trinajstić information content (AvgIpc) is 2.85. The molecule has 0 bridgehead atoms. The average molecular weight is 469 g/mol. The second-order valence-corrected chi connectivity index (χ2v) is 10.7. The van der Waals surface area contributed by atoms with Gasteiger partial charge in [-0.15, -0.1) is 0 Å². The van der Waals surface area contributed by atoms with Crippen molar-refractivity contribution in [3.63, 3.8) is 0 Å². The minimum Gasteiger partial charge on any atom is -0.507 e. The van der Waals surface area contributed by atoms with E-state index in [0.29, 0.717) is 36.4 Å². The molecule has 0 radical (unpaired) electrons. The first-order chi connectivity index (χ1) is 16.6. The van der Waals surface area contributed by atoms with E-state index in [1.54, 1.807) is 7.11 Å². The molecule has 1 aromatic heterocycles. The Kier molecular flexibility index (Phi) is 7.28. The lowest BCUT2D eigenvalue weighted by molar-refractivity contribution is 0.0335. The molecule has 2 fully saturated rings. The van der Waals surface area contributed by atoms with E-state index in [0.717, 1.165) is 66.4 Å². The number of hydrogen-bond donors (Lipinski definition) is 1. The molecule has 2 aliphatic heterocycles. The smallest absolute Gasteiger partial charge is 0.339 e. The van der Waals surface area contributed by atoms with Crippen molar-refractivity contribution in [3.8, 4) is 5.75 Å². The molecule has 34 heavy (non-hydrogen) atoms. The standard InChI is InChI=1S/C28H40N2O4/c1-19-16-25-26(21-9-3-4-10-22(21)28(32)34-25)27(31)23(19)18-29(14-15-33-2)17-20-8-7-13-30-12-6-5-11-24(20)30/h16,20,24,31H,3-15,17-18H2,1-2H3. The molecule has 2 saturated heterocycles. The van der Waals surface area contributed by atoms with Crippen molar-refractivity contribution in [2.45, 2.75) is 77.3 Å². The summed E-state index contributed by atoms with van der Waals surface area (Å²) in [5, 5.41) is 12.3. The van der Waals surface area contributed by atoms with Crippen molar-refractivity contribution in [1.82, 2.24) is 9.80 Å². The Bertz CT molecular complexity index is 1080. The summed E-state index contributed by atoms with van der Waals surface area (Å²) in [5.74, 6) is 0.974. The van der Waals surface area contributed by atoms with Crippen LogP contribution in [0.2, 0.25) is 0 Å². The molecule has 1 N–H and O–H groups in total. The van der Waals surface area contributed by atoms with Crippen LogP contribution in [0.3, 0.4) is 0 Å². The first-order valence-electron chi connectivity index (χ1n) is 13.3. The Morgan fingerprint density at radius 1 is 1.12 bits per heavy atom. The van der Waals surface area contributed by atoms with Gasteiger partial charge in [-0.2, -0.15) is 0 Å². The molecule has 1 aromatic carbocycles. The molecular weight excluding hydrogens is 428 g/mol. The van der Waals surface area contributed by atoms with Crippen molar-refractivity contribution < 1.29 is 14.3 Å². The topological polar surface area (TPSA) is 66.1 Å². The molecule has 2 aromatic rings. The summed E-state index contributed by atoms with van der Waals surface area (Å²) in [6.45, 7) is 7.76. The van der Waals surface area contributed by atoms with E-state index in [2.05, 4.69) is 9.80 Å². The van der Waals surface area contributed by atoms with Gasteiger partial charge in [0.1, 0.15) is 11.3 Å². The van der Waals surface area contributed by atoms with Gasteiger partial charge in [-0.1, -0.05) is 6.42 Å². The fourth-order valence-electron chi connectivity index (χ4n) is 6.75. The number of aromatic hydroxyl groups is 1. The van der Waals surface area contributed by atoms with E-state index < -0.39 is 0 Å². The van der Waals surface area contributed by atoms with Crippen molar-refractivity contribution in [3.05, 3.63) is 38.7 Å². The summed E-state index contributed by atoms with van der Waals surface area (Å²) in [6, 6.07) is 2.65. The summed E-state index contributed by atoms with van der Waals surface area (Å²) in [4.78, 5) is 17.7. The van der Waals surface area contributed by atoms with E-state index in [1.165, 1.54) is 45.2 Å². The van der Waals surface area contributed by atoms with Gasteiger partial charge in [-0.25, -0.2) is 4.79 Å². The summed E-state index contributed by atoms with van der Waals surface area (Å²) >= 11 is 0. The normalized spacial score (nSPS) is 23.3. The number of ether oxygens (including phenoxy) is 1. The SMILES string of the molecule is COCCN(Cc1c(C)cc2oc(=O)c3c(c2c1O)CCCC3)CC1CCCN2CCCCC12. The van der Waals surface area contributed by atoms with Crippen LogP contribution in [0.15, 0.2) is 15.3 Å². The largest absolute Gasteiger partial charge is 0.507 e. The minimum absolute atomic E-state index is 0.232. The van der Waals surface area contributed by atoms with Crippen LogP contribution in [0.5, 0.6) is 5.75 Å². The highest BCUT2D eigenvalue weighted by atomic mass is 16.5. The van der Waals surface area contributed by atoms with Crippen LogP contribution in [-0.2, 0) is 24.1 Å². The number of rotatable bonds is 7. The number of aryl methyl sites for hydroxylation is 2. The Balaban J connectivity index is 1.46. The minimum atomic E-state index is -0.232. The highest BCUT2D eigenvalue weighted by Crippen LogP contribution is 2.38. The molecule has 0 saturated carbocycles. The van der Waals surface area contributed by atoms with E-state index in [1.807, 2.05) is 13.0 Å². The number of piperidine rings is 2. The monoisotopic (exact) mass is 468 g/mol. The van der Waals surface area contributed by atoms with Crippen LogP contribution in [0, 0.1) is 12.8 Å². The van der Waals surface area contributed by atoms with Crippen LogP contribution >= 0.6 is 0 Å². The maximum atomic E-state index is 12.5. The molecular formula is C28H40N2O4. The van der Waals surface area contributed by atoms with Gasteiger partial charge in [0, 0.05) is 43.9 Å². The number of hydrogen-bond acceptors (Lipinski definition) is 6. The molecule has 1 aliphatic carbocycles. The zero-order valence-corrected chi connectivity index (χ0v) is 20.9. The predicted octanol–water partition coefficient (Wildman–Crippen LogP) is 4.40. The third-order valence-corrected chi connectivity index (χ3v) is 8.53. The van der Waals surface area contributed by atoms with Gasteiger partial charge in [0.2, 0.25) is 0 Å². The molecule has 6 nitrogen and oxygen atoms in total. The highest BCUT2D eigenvalue weighted by molar-refractivity contribution is 5.89. The van der Waals surface area contributed by atoms with E-state index in [9.17, 15) is 9.90 Å².